The Balaban J connectivity index is -0.000000520. The first-order chi connectivity index (χ1) is 9.56. The first-order valence-corrected chi connectivity index (χ1v) is 8.14. The molecule has 2 N–H and O–H groups in total. The normalized spacial score (nSPS) is 11.4. The molecule has 0 saturated carbocycles. The van der Waals surface area contributed by atoms with Crippen LogP contribution in [0.5, 0.6) is 0 Å². The van der Waals surface area contributed by atoms with Crippen LogP contribution in [-0.2, 0) is 10.4 Å². The van der Waals surface area contributed by atoms with Gasteiger partial charge in [-0.15, -0.1) is 0 Å². The van der Waals surface area contributed by atoms with Crippen LogP contribution in [0.3, 0.4) is 0 Å². The Hall–Kier alpha value is 0.590. The number of hydrogen-bond donors (Lipinski definition) is 2. The summed E-state index contributed by atoms with van der Waals surface area (Å²) in [6.45, 7) is 0.678. The first kappa shape index (κ1) is 27.4. The minimum atomic E-state index is -4.67. The third-order valence-corrected chi connectivity index (χ3v) is 2.52. The molecule has 0 aliphatic carbocycles. The molecule has 0 rings (SSSR count). The van der Waals surface area contributed by atoms with Crippen molar-refractivity contribution in [3.63, 3.8) is 0 Å². The average Bonchev–Trinajstić information content (AvgIpc) is 2.28. The molecule has 0 saturated heterocycles. The summed E-state index contributed by atoms with van der Waals surface area (Å²) in [4.78, 5) is 0. The second kappa shape index (κ2) is 16.4. The van der Waals surface area contributed by atoms with Gasteiger partial charge in [0.05, 0.1) is 0 Å². The number of unbranched alkanes of at least 4 members (excludes halogenated alkanes) is 8. The van der Waals surface area contributed by atoms with Gasteiger partial charge in [0.2, 0.25) is 0 Å². The molecule has 0 aromatic rings. The molecule has 0 spiro atoms. The topological polar surface area (TPSA) is 74.6 Å². The van der Waals surface area contributed by atoms with Crippen molar-refractivity contribution in [2.75, 3.05) is 0 Å². The predicted molar refractivity (Wildman–Crippen MR) is 71.8 cm³/mol. The molecule has 0 heterocycles. The van der Waals surface area contributed by atoms with Crippen LogP contribution in [-0.4, -0.2) is 23.7 Å². The Morgan fingerprint density at radius 1 is 0.818 bits per heavy atom. The van der Waals surface area contributed by atoms with Crippen molar-refractivity contribution in [1.29, 1.82) is 0 Å². The Labute approximate surface area is 151 Å². The molecule has 0 radical (unpaired) electrons. The summed E-state index contributed by atoms with van der Waals surface area (Å²) in [6.07, 6.45) is 2.67. The molecule has 0 aliphatic rings. The monoisotopic (exact) mass is 362 g/mol. The van der Waals surface area contributed by atoms with E-state index >= 15 is 0 Å². The fourth-order valence-corrected chi connectivity index (χ4v) is 1.61. The van der Waals surface area contributed by atoms with Crippen molar-refractivity contribution < 1.29 is 64.6 Å². The minimum Gasteiger partial charge on any atom is -0.459 e. The maximum atomic E-state index is 11.8. The zero-order valence-corrected chi connectivity index (χ0v) is 15.6. The van der Waals surface area contributed by atoms with Crippen LogP contribution in [0.2, 0.25) is 0 Å². The SMILES string of the molecule is F[CH-]CCCCCCCCCCC(F)(F)F.O=S(=O)(O)O.[Na+]. The van der Waals surface area contributed by atoms with Crippen molar-refractivity contribution >= 4 is 10.4 Å². The molecule has 4 nitrogen and oxygen atoms in total. The van der Waals surface area contributed by atoms with Crippen LogP contribution < -0.4 is 29.6 Å². The summed E-state index contributed by atoms with van der Waals surface area (Å²) in [7, 11) is -4.67. The van der Waals surface area contributed by atoms with Gasteiger partial charge in [-0.3, -0.25) is 9.11 Å². The van der Waals surface area contributed by atoms with Crippen LogP contribution >= 0.6 is 0 Å². The molecule has 0 aromatic carbocycles. The maximum Gasteiger partial charge on any atom is 1.00 e. The molecule has 22 heavy (non-hydrogen) atoms. The third kappa shape index (κ3) is 42.8. The predicted octanol–water partition coefficient (Wildman–Crippen LogP) is 1.93. The van der Waals surface area contributed by atoms with Crippen molar-refractivity contribution in [1.82, 2.24) is 0 Å². The number of rotatable bonds is 10. The van der Waals surface area contributed by atoms with Gasteiger partial charge in [0.1, 0.15) is 0 Å². The molecule has 0 unspecified atom stereocenters. The summed E-state index contributed by atoms with van der Waals surface area (Å²) < 4.78 is 78.5. The van der Waals surface area contributed by atoms with E-state index in [-0.39, 0.29) is 36.0 Å². The molecule has 10 heteroatoms. The minimum absolute atomic E-state index is 0. The zero-order chi connectivity index (χ0) is 16.8. The molecule has 0 bridgehead atoms. The largest absolute Gasteiger partial charge is 1.00 e. The quantitative estimate of drug-likeness (QED) is 0.205. The van der Waals surface area contributed by atoms with E-state index in [0.29, 0.717) is 19.5 Å². The molecule has 0 atom stereocenters. The van der Waals surface area contributed by atoms with Crippen LogP contribution in [0.4, 0.5) is 17.6 Å². The Morgan fingerprint density at radius 2 is 1.14 bits per heavy atom. The second-order valence-electron chi connectivity index (χ2n) is 4.58. The van der Waals surface area contributed by atoms with Gasteiger partial charge in [0, 0.05) is 6.42 Å². The van der Waals surface area contributed by atoms with Gasteiger partial charge in [-0.1, -0.05) is 44.9 Å². The number of alkyl halides is 3. The van der Waals surface area contributed by atoms with E-state index in [1.165, 1.54) is 0 Å². The van der Waals surface area contributed by atoms with Crippen molar-refractivity contribution in [3.05, 3.63) is 6.67 Å². The summed E-state index contributed by atoms with van der Waals surface area (Å²) >= 11 is 0. The van der Waals surface area contributed by atoms with Gasteiger partial charge < -0.3 is 4.39 Å². The van der Waals surface area contributed by atoms with Crippen LogP contribution in [0.1, 0.15) is 64.2 Å². The van der Waals surface area contributed by atoms with Gasteiger partial charge in [0.25, 0.3) is 0 Å². The van der Waals surface area contributed by atoms with Gasteiger partial charge in [0.15, 0.2) is 0 Å². The van der Waals surface area contributed by atoms with Crippen LogP contribution in [0.15, 0.2) is 0 Å². The van der Waals surface area contributed by atoms with Crippen molar-refractivity contribution in [2.24, 2.45) is 0 Å². The summed E-state index contributed by atoms with van der Waals surface area (Å²) in [6, 6.07) is 0. The summed E-state index contributed by atoms with van der Waals surface area (Å²) in [5.41, 5.74) is 0. The van der Waals surface area contributed by atoms with Gasteiger partial charge in [-0.05, 0) is 6.42 Å². The third-order valence-electron chi connectivity index (χ3n) is 2.52. The smallest absolute Gasteiger partial charge is 0.459 e. The van der Waals surface area contributed by atoms with E-state index < -0.39 is 23.0 Å². The van der Waals surface area contributed by atoms with Gasteiger partial charge in [-0.25, -0.2) is 0 Å². The Kier molecular flexibility index (Phi) is 20.5. The van der Waals surface area contributed by atoms with Crippen molar-refractivity contribution in [2.45, 2.75) is 70.4 Å². The van der Waals surface area contributed by atoms with Crippen LogP contribution in [0.25, 0.3) is 0 Å². The van der Waals surface area contributed by atoms with Crippen molar-refractivity contribution in [3.8, 4) is 0 Å². The number of halogens is 4. The molecule has 130 valence electrons. The fourth-order valence-electron chi connectivity index (χ4n) is 1.61. The van der Waals surface area contributed by atoms with Crippen LogP contribution in [0, 0.1) is 6.67 Å². The van der Waals surface area contributed by atoms with E-state index in [2.05, 4.69) is 0 Å². The molecule has 0 fully saturated rings. The molecular formula is C12H23F4NaO4S. The molecule has 0 amide bonds. The summed E-state index contributed by atoms with van der Waals surface area (Å²) in [5, 5.41) is 0. The van der Waals surface area contributed by atoms with E-state index in [0.717, 1.165) is 38.5 Å². The zero-order valence-electron chi connectivity index (χ0n) is 12.8. The van der Waals surface area contributed by atoms with Gasteiger partial charge >= 0.3 is 46.1 Å². The van der Waals surface area contributed by atoms with E-state index in [1.54, 1.807) is 0 Å². The summed E-state index contributed by atoms with van der Waals surface area (Å²) in [5.74, 6) is 0. The first-order valence-electron chi connectivity index (χ1n) is 6.75. The second-order valence-corrected chi connectivity index (χ2v) is 5.48. The fraction of sp³-hybridized carbons (Fsp3) is 0.917. The Morgan fingerprint density at radius 3 is 1.45 bits per heavy atom. The van der Waals surface area contributed by atoms with E-state index in [9.17, 15) is 17.6 Å². The van der Waals surface area contributed by atoms with E-state index in [1.807, 2.05) is 0 Å². The maximum absolute atomic E-state index is 11.8. The Bertz CT molecular complexity index is 316. The molecule has 0 aromatic heterocycles. The molecule has 0 aliphatic heterocycles. The average molecular weight is 362 g/mol. The number of hydrogen-bond acceptors (Lipinski definition) is 2. The van der Waals surface area contributed by atoms with Gasteiger partial charge in [-0.2, -0.15) is 34.7 Å². The molecular weight excluding hydrogens is 339 g/mol. The van der Waals surface area contributed by atoms with E-state index in [4.69, 9.17) is 17.5 Å². The standard InChI is InChI=1S/C12H21F4.Na.H2O4S/c13-11-9-7-5-3-1-2-4-6-8-10-12(14,15)16;;1-5(2,3)4/h11H,1-10H2;;(H2,1,2,3,4)/q-1;+1;.